The fourth-order valence-electron chi connectivity index (χ4n) is 2.12. The number of rotatable bonds is 5. The minimum Gasteiger partial charge on any atom is -0.347 e. The first-order valence-electron chi connectivity index (χ1n) is 7.20. The van der Waals surface area contributed by atoms with Gasteiger partial charge < -0.3 is 9.84 Å². The minimum atomic E-state index is -0.175. The molecule has 7 heteroatoms. The standard InChI is InChI=1S/C17H13Cl2N3O2/c18-13-6-3-5-12(8-13)17-21-16(24-22-17)10-20-15(23)9-11-4-1-2-7-14(11)19/h1-8H,9-10H2,(H,20,23). The fraction of sp³-hybridized carbons (Fsp3) is 0.118. The summed E-state index contributed by atoms with van der Waals surface area (Å²) in [6, 6.07) is 14.4. The maximum atomic E-state index is 12.0. The van der Waals surface area contributed by atoms with Gasteiger partial charge in [-0.2, -0.15) is 4.98 Å². The van der Waals surface area contributed by atoms with Crippen molar-refractivity contribution in [2.75, 3.05) is 0 Å². The summed E-state index contributed by atoms with van der Waals surface area (Å²) in [5.74, 6) is 0.566. The Bertz CT molecular complexity index is 864. The van der Waals surface area contributed by atoms with Crippen LogP contribution in [0.3, 0.4) is 0 Å². The summed E-state index contributed by atoms with van der Waals surface area (Å²) < 4.78 is 5.14. The monoisotopic (exact) mass is 361 g/mol. The fourth-order valence-corrected chi connectivity index (χ4v) is 2.52. The van der Waals surface area contributed by atoms with Gasteiger partial charge in [0.2, 0.25) is 17.6 Å². The van der Waals surface area contributed by atoms with Crippen molar-refractivity contribution in [2.45, 2.75) is 13.0 Å². The Labute approximate surface area is 148 Å². The van der Waals surface area contributed by atoms with Crippen LogP contribution in [0.2, 0.25) is 10.0 Å². The third-order valence-electron chi connectivity index (χ3n) is 3.30. The SMILES string of the molecule is O=C(Cc1ccccc1Cl)NCc1nc(-c2cccc(Cl)c2)no1. The van der Waals surface area contributed by atoms with Gasteiger partial charge in [0.15, 0.2) is 0 Å². The van der Waals surface area contributed by atoms with Crippen LogP contribution in [-0.2, 0) is 17.8 Å². The molecule has 2 aromatic carbocycles. The Kier molecular flexibility index (Phi) is 5.13. The molecule has 1 heterocycles. The van der Waals surface area contributed by atoms with Gasteiger partial charge in [-0.05, 0) is 23.8 Å². The van der Waals surface area contributed by atoms with E-state index in [4.69, 9.17) is 27.7 Å². The second-order valence-electron chi connectivity index (χ2n) is 5.07. The molecular weight excluding hydrogens is 349 g/mol. The number of nitrogens with zero attached hydrogens (tertiary/aromatic N) is 2. The normalized spacial score (nSPS) is 10.6. The number of nitrogens with one attached hydrogen (secondary N) is 1. The first-order valence-corrected chi connectivity index (χ1v) is 7.96. The molecule has 1 aromatic heterocycles. The van der Waals surface area contributed by atoms with E-state index in [9.17, 15) is 4.79 Å². The van der Waals surface area contributed by atoms with Gasteiger partial charge in [-0.15, -0.1) is 0 Å². The van der Waals surface area contributed by atoms with E-state index >= 15 is 0 Å². The largest absolute Gasteiger partial charge is 0.347 e. The molecule has 0 radical (unpaired) electrons. The van der Waals surface area contributed by atoms with Crippen molar-refractivity contribution in [1.82, 2.24) is 15.5 Å². The average Bonchev–Trinajstić information content (AvgIpc) is 3.04. The molecule has 1 amide bonds. The van der Waals surface area contributed by atoms with Crippen LogP contribution in [0, 0.1) is 0 Å². The van der Waals surface area contributed by atoms with Gasteiger partial charge in [-0.1, -0.05) is 58.7 Å². The summed E-state index contributed by atoms with van der Waals surface area (Å²) in [5.41, 5.74) is 1.52. The molecule has 0 bridgehead atoms. The molecule has 0 atom stereocenters. The maximum absolute atomic E-state index is 12.0. The Morgan fingerprint density at radius 3 is 2.75 bits per heavy atom. The van der Waals surface area contributed by atoms with Crippen molar-refractivity contribution >= 4 is 29.1 Å². The lowest BCUT2D eigenvalue weighted by Crippen LogP contribution is -2.24. The van der Waals surface area contributed by atoms with Crippen molar-refractivity contribution in [1.29, 1.82) is 0 Å². The molecular formula is C17H13Cl2N3O2. The number of hydrogen-bond donors (Lipinski definition) is 1. The molecule has 0 aliphatic carbocycles. The van der Waals surface area contributed by atoms with Crippen molar-refractivity contribution in [3.05, 3.63) is 70.0 Å². The Morgan fingerprint density at radius 1 is 1.12 bits per heavy atom. The number of aromatic nitrogens is 2. The molecule has 24 heavy (non-hydrogen) atoms. The molecule has 0 spiro atoms. The van der Waals surface area contributed by atoms with E-state index in [1.165, 1.54) is 0 Å². The first kappa shape index (κ1) is 16.5. The van der Waals surface area contributed by atoms with E-state index in [2.05, 4.69) is 15.5 Å². The predicted octanol–water partition coefficient (Wildman–Crippen LogP) is 3.90. The van der Waals surface area contributed by atoms with Gasteiger partial charge in [0, 0.05) is 15.6 Å². The Morgan fingerprint density at radius 2 is 1.96 bits per heavy atom. The number of halogens is 2. The molecule has 5 nitrogen and oxygen atoms in total. The van der Waals surface area contributed by atoms with Crippen LogP contribution in [0.5, 0.6) is 0 Å². The summed E-state index contributed by atoms with van der Waals surface area (Å²) in [5, 5.41) is 7.77. The summed E-state index contributed by atoms with van der Waals surface area (Å²) in [7, 11) is 0. The molecule has 122 valence electrons. The van der Waals surface area contributed by atoms with Crippen LogP contribution in [-0.4, -0.2) is 16.0 Å². The van der Waals surface area contributed by atoms with E-state index in [1.807, 2.05) is 24.3 Å². The zero-order valence-electron chi connectivity index (χ0n) is 12.5. The highest BCUT2D eigenvalue weighted by Gasteiger charge is 2.11. The summed E-state index contributed by atoms with van der Waals surface area (Å²) in [4.78, 5) is 16.2. The lowest BCUT2D eigenvalue weighted by molar-refractivity contribution is -0.120. The first-order chi connectivity index (χ1) is 11.6. The van der Waals surface area contributed by atoms with Gasteiger partial charge in [0.25, 0.3) is 0 Å². The number of carbonyl (C=O) groups excluding carboxylic acids is 1. The molecule has 3 aromatic rings. The molecule has 0 fully saturated rings. The molecule has 0 unspecified atom stereocenters. The molecule has 0 aliphatic rings. The number of amides is 1. The second-order valence-corrected chi connectivity index (χ2v) is 5.91. The topological polar surface area (TPSA) is 68.0 Å². The van der Waals surface area contributed by atoms with Crippen molar-refractivity contribution in [3.8, 4) is 11.4 Å². The lowest BCUT2D eigenvalue weighted by atomic mass is 10.1. The zero-order valence-corrected chi connectivity index (χ0v) is 14.0. The molecule has 0 saturated carbocycles. The molecule has 0 aliphatic heterocycles. The third-order valence-corrected chi connectivity index (χ3v) is 3.90. The molecule has 0 saturated heterocycles. The predicted molar refractivity (Wildman–Crippen MR) is 91.7 cm³/mol. The van der Waals surface area contributed by atoms with E-state index in [-0.39, 0.29) is 18.9 Å². The average molecular weight is 362 g/mol. The van der Waals surface area contributed by atoms with Crippen LogP contribution in [0.4, 0.5) is 0 Å². The van der Waals surface area contributed by atoms with Crippen molar-refractivity contribution in [2.24, 2.45) is 0 Å². The Balaban J connectivity index is 1.59. The van der Waals surface area contributed by atoms with Gasteiger partial charge in [0.05, 0.1) is 13.0 Å². The smallest absolute Gasteiger partial charge is 0.246 e. The highest BCUT2D eigenvalue weighted by atomic mass is 35.5. The van der Waals surface area contributed by atoms with Crippen molar-refractivity contribution in [3.63, 3.8) is 0 Å². The van der Waals surface area contributed by atoms with Crippen LogP contribution in [0.15, 0.2) is 53.1 Å². The molecule has 1 N–H and O–H groups in total. The van der Waals surface area contributed by atoms with Crippen LogP contribution in [0.1, 0.15) is 11.5 Å². The lowest BCUT2D eigenvalue weighted by Gasteiger charge is -2.04. The van der Waals surface area contributed by atoms with E-state index < -0.39 is 0 Å². The maximum Gasteiger partial charge on any atom is 0.246 e. The zero-order chi connectivity index (χ0) is 16.9. The van der Waals surface area contributed by atoms with Crippen LogP contribution in [0.25, 0.3) is 11.4 Å². The van der Waals surface area contributed by atoms with E-state index in [0.717, 1.165) is 11.1 Å². The van der Waals surface area contributed by atoms with Gasteiger partial charge in [-0.3, -0.25) is 4.79 Å². The Hall–Kier alpha value is -2.37. The van der Waals surface area contributed by atoms with Gasteiger partial charge in [-0.25, -0.2) is 0 Å². The number of hydrogen-bond acceptors (Lipinski definition) is 4. The number of carbonyl (C=O) groups is 1. The van der Waals surface area contributed by atoms with Gasteiger partial charge in [0.1, 0.15) is 0 Å². The molecule has 3 rings (SSSR count). The summed E-state index contributed by atoms with van der Waals surface area (Å²) in [6.07, 6.45) is 0.189. The van der Waals surface area contributed by atoms with Crippen molar-refractivity contribution < 1.29 is 9.32 Å². The summed E-state index contributed by atoms with van der Waals surface area (Å²) in [6.45, 7) is 0.150. The van der Waals surface area contributed by atoms with Crippen LogP contribution < -0.4 is 5.32 Å². The van der Waals surface area contributed by atoms with E-state index in [1.54, 1.807) is 24.3 Å². The third kappa shape index (κ3) is 4.13. The highest BCUT2D eigenvalue weighted by Crippen LogP contribution is 2.20. The number of benzene rings is 2. The van der Waals surface area contributed by atoms with Gasteiger partial charge >= 0.3 is 0 Å². The summed E-state index contributed by atoms with van der Waals surface area (Å²) >= 11 is 12.0. The quantitative estimate of drug-likeness (QED) is 0.748. The van der Waals surface area contributed by atoms with E-state index in [0.29, 0.717) is 21.8 Å². The highest BCUT2D eigenvalue weighted by molar-refractivity contribution is 6.31. The minimum absolute atomic E-state index is 0.150. The van der Waals surface area contributed by atoms with Crippen LogP contribution >= 0.6 is 23.2 Å². The second kappa shape index (κ2) is 7.47.